The number of benzene rings is 1. The van der Waals surface area contributed by atoms with E-state index < -0.39 is 11.8 Å². The summed E-state index contributed by atoms with van der Waals surface area (Å²) in [5.74, 6) is -2.01. The van der Waals surface area contributed by atoms with Gasteiger partial charge in [-0.05, 0) is 44.5 Å². The SMILES string of the molecule is Cc1cccc(-n2c(C)cc(/C=N\NC(=O)C(N)=O)c2C)c1. The molecule has 22 heavy (non-hydrogen) atoms. The van der Waals surface area contributed by atoms with Gasteiger partial charge in [-0.3, -0.25) is 9.59 Å². The number of hydrazone groups is 1. The lowest BCUT2D eigenvalue weighted by atomic mass is 10.2. The van der Waals surface area contributed by atoms with Crippen LogP contribution in [0.3, 0.4) is 0 Å². The zero-order valence-corrected chi connectivity index (χ0v) is 12.8. The lowest BCUT2D eigenvalue weighted by Crippen LogP contribution is -2.32. The Balaban J connectivity index is 2.30. The van der Waals surface area contributed by atoms with Gasteiger partial charge in [-0.1, -0.05) is 12.1 Å². The van der Waals surface area contributed by atoms with E-state index in [9.17, 15) is 9.59 Å². The molecule has 6 nitrogen and oxygen atoms in total. The van der Waals surface area contributed by atoms with Crippen molar-refractivity contribution in [1.82, 2.24) is 9.99 Å². The first-order valence-electron chi connectivity index (χ1n) is 6.79. The van der Waals surface area contributed by atoms with Gasteiger partial charge in [0, 0.05) is 22.6 Å². The Hall–Kier alpha value is -2.89. The van der Waals surface area contributed by atoms with Crippen LogP contribution in [-0.4, -0.2) is 22.6 Å². The second-order valence-corrected chi connectivity index (χ2v) is 5.06. The Morgan fingerprint density at radius 2 is 1.95 bits per heavy atom. The molecular weight excluding hydrogens is 280 g/mol. The molecule has 0 aliphatic heterocycles. The second kappa shape index (κ2) is 6.26. The molecule has 0 atom stereocenters. The fourth-order valence-corrected chi connectivity index (χ4v) is 2.30. The van der Waals surface area contributed by atoms with Gasteiger partial charge in [0.1, 0.15) is 0 Å². The van der Waals surface area contributed by atoms with Crippen LogP contribution in [0.15, 0.2) is 35.4 Å². The summed E-state index contributed by atoms with van der Waals surface area (Å²) in [5.41, 5.74) is 12.0. The molecule has 0 aliphatic carbocycles. The van der Waals surface area contributed by atoms with Crippen molar-refractivity contribution in [3.05, 3.63) is 52.8 Å². The molecule has 114 valence electrons. The lowest BCUT2D eigenvalue weighted by Gasteiger charge is -2.10. The second-order valence-electron chi connectivity index (χ2n) is 5.06. The molecule has 0 saturated heterocycles. The molecule has 0 spiro atoms. The maximum absolute atomic E-state index is 11.0. The molecule has 1 heterocycles. The monoisotopic (exact) mass is 298 g/mol. The van der Waals surface area contributed by atoms with Gasteiger partial charge in [0.15, 0.2) is 0 Å². The summed E-state index contributed by atoms with van der Waals surface area (Å²) >= 11 is 0. The Morgan fingerprint density at radius 1 is 1.23 bits per heavy atom. The molecule has 2 aromatic rings. The average molecular weight is 298 g/mol. The standard InChI is InChI=1S/C16H18N4O2/c1-10-5-4-6-14(7-10)20-11(2)8-13(12(20)3)9-18-19-16(22)15(17)21/h4-9H,1-3H3,(H2,17,21)(H,19,22)/b18-9-. The van der Waals surface area contributed by atoms with Crippen LogP contribution < -0.4 is 11.2 Å². The van der Waals surface area contributed by atoms with Crippen LogP contribution in [-0.2, 0) is 9.59 Å². The van der Waals surface area contributed by atoms with Gasteiger partial charge in [-0.15, -0.1) is 0 Å². The molecule has 0 aliphatic rings. The summed E-state index contributed by atoms with van der Waals surface area (Å²) in [6, 6.07) is 10.1. The van der Waals surface area contributed by atoms with Crippen molar-refractivity contribution < 1.29 is 9.59 Å². The van der Waals surface area contributed by atoms with Crippen LogP contribution in [0.5, 0.6) is 0 Å². The molecule has 3 N–H and O–H groups in total. The van der Waals surface area contributed by atoms with Crippen LogP contribution >= 0.6 is 0 Å². The van der Waals surface area contributed by atoms with Crippen LogP contribution in [0.2, 0.25) is 0 Å². The highest BCUT2D eigenvalue weighted by Gasteiger charge is 2.10. The first-order valence-corrected chi connectivity index (χ1v) is 6.79. The van der Waals surface area contributed by atoms with E-state index in [0.717, 1.165) is 22.6 Å². The number of carbonyl (C=O) groups excluding carboxylic acids is 2. The molecule has 0 saturated carbocycles. The number of nitrogens with two attached hydrogens (primary N) is 1. The Bertz CT molecular complexity index is 760. The number of carbonyl (C=O) groups is 2. The summed E-state index contributed by atoms with van der Waals surface area (Å²) in [4.78, 5) is 21.7. The minimum Gasteiger partial charge on any atom is -0.361 e. The number of aromatic nitrogens is 1. The average Bonchev–Trinajstić information content (AvgIpc) is 2.73. The lowest BCUT2D eigenvalue weighted by molar-refractivity contribution is -0.137. The number of aryl methyl sites for hydroxylation is 2. The van der Waals surface area contributed by atoms with Gasteiger partial charge >= 0.3 is 11.8 Å². The van der Waals surface area contributed by atoms with E-state index in [0.29, 0.717) is 0 Å². The third-order valence-electron chi connectivity index (χ3n) is 3.32. The van der Waals surface area contributed by atoms with E-state index in [4.69, 9.17) is 5.73 Å². The van der Waals surface area contributed by atoms with Gasteiger partial charge in [0.2, 0.25) is 0 Å². The molecule has 6 heteroatoms. The van der Waals surface area contributed by atoms with E-state index >= 15 is 0 Å². The number of hydrogen-bond donors (Lipinski definition) is 2. The predicted octanol–water partition coefficient (Wildman–Crippen LogP) is 1.34. The van der Waals surface area contributed by atoms with Gasteiger partial charge in [-0.25, -0.2) is 5.43 Å². The molecule has 2 amide bonds. The first kappa shape index (κ1) is 15.5. The van der Waals surface area contributed by atoms with Crippen molar-refractivity contribution in [3.63, 3.8) is 0 Å². The maximum atomic E-state index is 11.0. The maximum Gasteiger partial charge on any atom is 0.329 e. The molecular formula is C16H18N4O2. The summed E-state index contributed by atoms with van der Waals surface area (Å²) < 4.78 is 2.10. The van der Waals surface area contributed by atoms with Crippen molar-refractivity contribution in [2.75, 3.05) is 0 Å². The van der Waals surface area contributed by atoms with Crippen molar-refractivity contribution in [1.29, 1.82) is 0 Å². The highest BCUT2D eigenvalue weighted by molar-refractivity contribution is 6.34. The Kier molecular flexibility index (Phi) is 4.41. The van der Waals surface area contributed by atoms with Gasteiger partial charge in [-0.2, -0.15) is 5.10 Å². The Labute approximate surface area is 128 Å². The molecule has 0 radical (unpaired) electrons. The first-order chi connectivity index (χ1) is 10.4. The summed E-state index contributed by atoms with van der Waals surface area (Å²) in [6.45, 7) is 6.00. The third kappa shape index (κ3) is 3.22. The third-order valence-corrected chi connectivity index (χ3v) is 3.32. The quantitative estimate of drug-likeness (QED) is 0.508. The molecule has 2 rings (SSSR count). The number of hydrogen-bond acceptors (Lipinski definition) is 3. The van der Waals surface area contributed by atoms with E-state index in [1.807, 2.05) is 45.0 Å². The smallest absolute Gasteiger partial charge is 0.329 e. The van der Waals surface area contributed by atoms with Gasteiger partial charge in [0.05, 0.1) is 6.21 Å². The molecule has 1 aromatic heterocycles. The zero-order chi connectivity index (χ0) is 16.3. The number of amides is 2. The fraction of sp³-hybridized carbons (Fsp3) is 0.188. The molecule has 1 aromatic carbocycles. The van der Waals surface area contributed by atoms with E-state index in [2.05, 4.69) is 21.2 Å². The van der Waals surface area contributed by atoms with Crippen molar-refractivity contribution in [2.24, 2.45) is 10.8 Å². The number of primary amides is 1. The topological polar surface area (TPSA) is 89.5 Å². The van der Waals surface area contributed by atoms with Crippen LogP contribution in [0, 0.1) is 20.8 Å². The summed E-state index contributed by atoms with van der Waals surface area (Å²) in [6.07, 6.45) is 1.50. The van der Waals surface area contributed by atoms with Gasteiger partial charge < -0.3 is 10.3 Å². The van der Waals surface area contributed by atoms with E-state index in [-0.39, 0.29) is 0 Å². The van der Waals surface area contributed by atoms with Crippen molar-refractivity contribution in [3.8, 4) is 5.69 Å². The highest BCUT2D eigenvalue weighted by Crippen LogP contribution is 2.20. The normalized spacial score (nSPS) is 10.9. The Morgan fingerprint density at radius 3 is 2.59 bits per heavy atom. The van der Waals surface area contributed by atoms with Crippen LogP contribution in [0.25, 0.3) is 5.69 Å². The fourth-order valence-electron chi connectivity index (χ4n) is 2.30. The van der Waals surface area contributed by atoms with E-state index in [1.54, 1.807) is 0 Å². The minimum atomic E-state index is -1.07. The van der Waals surface area contributed by atoms with Crippen LogP contribution in [0.4, 0.5) is 0 Å². The minimum absolute atomic E-state index is 0.851. The molecule has 0 bridgehead atoms. The highest BCUT2D eigenvalue weighted by atomic mass is 16.2. The predicted molar refractivity (Wildman–Crippen MR) is 84.9 cm³/mol. The van der Waals surface area contributed by atoms with E-state index in [1.165, 1.54) is 11.8 Å². The summed E-state index contributed by atoms with van der Waals surface area (Å²) in [5, 5.41) is 3.75. The zero-order valence-electron chi connectivity index (χ0n) is 12.8. The molecule has 0 fully saturated rings. The van der Waals surface area contributed by atoms with Gasteiger partial charge in [0.25, 0.3) is 0 Å². The number of nitrogens with zero attached hydrogens (tertiary/aromatic N) is 2. The van der Waals surface area contributed by atoms with Crippen molar-refractivity contribution in [2.45, 2.75) is 20.8 Å². The summed E-state index contributed by atoms with van der Waals surface area (Å²) in [7, 11) is 0. The largest absolute Gasteiger partial charge is 0.361 e. The number of rotatable bonds is 3. The molecule has 0 unspecified atom stereocenters. The van der Waals surface area contributed by atoms with Crippen LogP contribution in [0.1, 0.15) is 22.5 Å². The number of nitrogens with one attached hydrogen (secondary N) is 1. The van der Waals surface area contributed by atoms with Crippen molar-refractivity contribution >= 4 is 18.0 Å².